The highest BCUT2D eigenvalue weighted by Crippen LogP contribution is 2.36. The van der Waals surface area contributed by atoms with Gasteiger partial charge in [0.2, 0.25) is 5.75 Å². The summed E-state index contributed by atoms with van der Waals surface area (Å²) in [5.74, 6) is -1.24. The Hall–Kier alpha value is -2.92. The van der Waals surface area contributed by atoms with Crippen LogP contribution in [0.4, 0.5) is 5.69 Å². The van der Waals surface area contributed by atoms with Crippen molar-refractivity contribution in [2.75, 3.05) is 7.11 Å². The Kier molecular flexibility index (Phi) is 5.66. The van der Waals surface area contributed by atoms with E-state index in [0.29, 0.717) is 15.4 Å². The van der Waals surface area contributed by atoms with Crippen molar-refractivity contribution < 1.29 is 24.0 Å². The summed E-state index contributed by atoms with van der Waals surface area (Å²) in [4.78, 5) is 22.5. The number of aromatic hydroxyl groups is 1. The molecule has 28 heavy (non-hydrogen) atoms. The average Bonchev–Trinajstić information content (AvgIpc) is 3.07. The first kappa shape index (κ1) is 19.8. The highest BCUT2D eigenvalue weighted by Gasteiger charge is 2.19. The van der Waals surface area contributed by atoms with E-state index in [2.05, 4.69) is 42.4 Å². The van der Waals surface area contributed by atoms with Crippen LogP contribution in [0.15, 0.2) is 48.8 Å². The number of ether oxygens (including phenoxy) is 1. The zero-order chi connectivity index (χ0) is 20.4. The van der Waals surface area contributed by atoms with Crippen molar-refractivity contribution in [3.8, 4) is 11.5 Å². The number of halogens is 2. The van der Waals surface area contributed by atoms with Gasteiger partial charge in [-0.15, -0.1) is 0 Å². The SMILES string of the molecule is COc1cc(/C=N\NC(=O)c2cc3cc(Br)cc(Br)c3o2)cc([N+](=O)[O-])c1O. The van der Waals surface area contributed by atoms with Crippen LogP contribution in [-0.4, -0.2) is 29.3 Å². The van der Waals surface area contributed by atoms with Gasteiger partial charge in [0, 0.05) is 21.5 Å². The summed E-state index contributed by atoms with van der Waals surface area (Å²) in [7, 11) is 1.26. The summed E-state index contributed by atoms with van der Waals surface area (Å²) in [6.45, 7) is 0. The lowest BCUT2D eigenvalue weighted by molar-refractivity contribution is -0.386. The topological polar surface area (TPSA) is 127 Å². The van der Waals surface area contributed by atoms with Crippen molar-refractivity contribution in [1.82, 2.24) is 5.43 Å². The molecule has 0 aliphatic rings. The number of nitro benzene ring substituents is 1. The molecule has 1 heterocycles. The molecule has 2 aromatic carbocycles. The molecule has 0 atom stereocenters. The van der Waals surface area contributed by atoms with Crippen molar-refractivity contribution in [3.05, 3.63) is 60.7 Å². The second kappa shape index (κ2) is 7.98. The predicted molar refractivity (Wildman–Crippen MR) is 108 cm³/mol. The molecule has 9 nitrogen and oxygen atoms in total. The van der Waals surface area contributed by atoms with Crippen LogP contribution in [-0.2, 0) is 0 Å². The fourth-order valence-corrected chi connectivity index (χ4v) is 3.73. The normalized spacial score (nSPS) is 11.1. The summed E-state index contributed by atoms with van der Waals surface area (Å²) in [6, 6.07) is 7.59. The second-order valence-electron chi connectivity index (χ2n) is 5.46. The van der Waals surface area contributed by atoms with Crippen molar-refractivity contribution >= 4 is 60.6 Å². The lowest BCUT2D eigenvalue weighted by Gasteiger charge is -2.05. The Bertz CT molecular complexity index is 1130. The molecular weight excluding hydrogens is 502 g/mol. The third-order valence-corrected chi connectivity index (χ3v) is 4.68. The molecule has 0 aliphatic carbocycles. The molecule has 0 unspecified atom stereocenters. The smallest absolute Gasteiger partial charge is 0.315 e. The number of hydrogen-bond donors (Lipinski definition) is 2. The minimum atomic E-state index is -0.752. The van der Waals surface area contributed by atoms with Gasteiger partial charge < -0.3 is 14.3 Å². The minimum absolute atomic E-state index is 0.0419. The average molecular weight is 513 g/mol. The number of hydrazone groups is 1. The van der Waals surface area contributed by atoms with Gasteiger partial charge in [0.05, 0.1) is 22.7 Å². The van der Waals surface area contributed by atoms with Crippen molar-refractivity contribution in [2.24, 2.45) is 5.10 Å². The van der Waals surface area contributed by atoms with Crippen LogP contribution in [0.25, 0.3) is 11.0 Å². The monoisotopic (exact) mass is 511 g/mol. The summed E-state index contributed by atoms with van der Waals surface area (Å²) in [5, 5.41) is 25.2. The number of amides is 1. The molecule has 1 aromatic heterocycles. The summed E-state index contributed by atoms with van der Waals surface area (Å²) >= 11 is 6.72. The van der Waals surface area contributed by atoms with Gasteiger partial charge in [0.1, 0.15) is 5.58 Å². The lowest BCUT2D eigenvalue weighted by Crippen LogP contribution is -2.16. The van der Waals surface area contributed by atoms with Gasteiger partial charge in [-0.05, 0) is 40.2 Å². The number of furan rings is 1. The number of carbonyl (C=O) groups excluding carboxylic acids is 1. The van der Waals surface area contributed by atoms with Gasteiger partial charge in [-0.1, -0.05) is 15.9 Å². The Morgan fingerprint density at radius 3 is 2.75 bits per heavy atom. The van der Waals surface area contributed by atoms with Gasteiger partial charge in [0.25, 0.3) is 0 Å². The van der Waals surface area contributed by atoms with Crippen molar-refractivity contribution in [1.29, 1.82) is 0 Å². The first-order valence-electron chi connectivity index (χ1n) is 7.57. The lowest BCUT2D eigenvalue weighted by atomic mass is 10.2. The largest absolute Gasteiger partial charge is 0.500 e. The maximum Gasteiger partial charge on any atom is 0.315 e. The van der Waals surface area contributed by atoms with E-state index in [-0.39, 0.29) is 17.1 Å². The number of phenolic OH excluding ortho intramolecular Hbond substituents is 1. The number of hydrogen-bond acceptors (Lipinski definition) is 7. The van der Waals surface area contributed by atoms with E-state index in [1.807, 2.05) is 0 Å². The third kappa shape index (κ3) is 3.99. The van der Waals surface area contributed by atoms with Crippen LogP contribution in [0.5, 0.6) is 11.5 Å². The van der Waals surface area contributed by atoms with Gasteiger partial charge in [-0.25, -0.2) is 5.43 Å². The van der Waals surface area contributed by atoms with Crippen LogP contribution in [0.1, 0.15) is 16.1 Å². The Morgan fingerprint density at radius 2 is 2.07 bits per heavy atom. The molecule has 0 radical (unpaired) electrons. The van der Waals surface area contributed by atoms with Gasteiger partial charge in [0.15, 0.2) is 11.5 Å². The minimum Gasteiger partial charge on any atom is -0.500 e. The molecular formula is C17H11Br2N3O6. The maximum absolute atomic E-state index is 12.2. The number of nitro groups is 1. The number of phenols is 1. The Morgan fingerprint density at radius 1 is 1.32 bits per heavy atom. The molecule has 0 aliphatic heterocycles. The van der Waals surface area contributed by atoms with Crippen LogP contribution in [0.2, 0.25) is 0 Å². The molecule has 3 rings (SSSR count). The number of benzene rings is 2. The predicted octanol–water partition coefficient (Wildman–Crippen LogP) is 4.34. The molecule has 144 valence electrons. The summed E-state index contributed by atoms with van der Waals surface area (Å²) in [5.41, 5.74) is 2.50. The number of methoxy groups -OCH3 is 1. The number of fused-ring (bicyclic) bond motifs is 1. The first-order chi connectivity index (χ1) is 13.3. The Labute approximate surface area is 174 Å². The zero-order valence-electron chi connectivity index (χ0n) is 14.1. The van der Waals surface area contributed by atoms with E-state index in [1.54, 1.807) is 18.2 Å². The third-order valence-electron chi connectivity index (χ3n) is 3.63. The van der Waals surface area contributed by atoms with Crippen LogP contribution < -0.4 is 10.2 Å². The molecule has 0 bridgehead atoms. The van der Waals surface area contributed by atoms with Gasteiger partial charge in [-0.3, -0.25) is 14.9 Å². The second-order valence-corrected chi connectivity index (χ2v) is 7.23. The number of rotatable bonds is 5. The summed E-state index contributed by atoms with van der Waals surface area (Å²) in [6.07, 6.45) is 1.18. The van der Waals surface area contributed by atoms with E-state index < -0.39 is 22.3 Å². The summed E-state index contributed by atoms with van der Waals surface area (Å²) < 4.78 is 11.9. The van der Waals surface area contributed by atoms with Crippen molar-refractivity contribution in [2.45, 2.75) is 0 Å². The molecule has 11 heteroatoms. The van der Waals surface area contributed by atoms with E-state index in [1.165, 1.54) is 19.4 Å². The fraction of sp³-hybridized carbons (Fsp3) is 0.0588. The van der Waals surface area contributed by atoms with E-state index >= 15 is 0 Å². The zero-order valence-corrected chi connectivity index (χ0v) is 17.3. The first-order valence-corrected chi connectivity index (χ1v) is 9.16. The molecule has 0 saturated heterocycles. The highest BCUT2D eigenvalue weighted by molar-refractivity contribution is 9.11. The number of nitrogens with one attached hydrogen (secondary N) is 1. The Balaban J connectivity index is 1.81. The molecule has 0 fully saturated rings. The van der Waals surface area contributed by atoms with Crippen LogP contribution >= 0.6 is 31.9 Å². The number of carbonyl (C=O) groups is 1. The van der Waals surface area contributed by atoms with Crippen molar-refractivity contribution in [3.63, 3.8) is 0 Å². The van der Waals surface area contributed by atoms with E-state index in [9.17, 15) is 20.0 Å². The van der Waals surface area contributed by atoms with Crippen LogP contribution in [0.3, 0.4) is 0 Å². The standard InChI is InChI=1S/C17H11Br2N3O6/c1-27-13-3-8(2-12(15(13)23)22(25)26)7-20-21-17(24)14-5-9-4-10(18)6-11(19)16(9)28-14/h2-7,23H,1H3,(H,21,24)/b20-7-. The molecule has 0 spiro atoms. The van der Waals surface area contributed by atoms with Gasteiger partial charge >= 0.3 is 11.6 Å². The highest BCUT2D eigenvalue weighted by atomic mass is 79.9. The maximum atomic E-state index is 12.2. The fourth-order valence-electron chi connectivity index (χ4n) is 2.39. The quantitative estimate of drug-likeness (QED) is 0.297. The molecule has 0 saturated carbocycles. The number of nitrogens with zero attached hydrogens (tertiary/aromatic N) is 2. The molecule has 1 amide bonds. The van der Waals surface area contributed by atoms with Crippen LogP contribution in [0, 0.1) is 10.1 Å². The van der Waals surface area contributed by atoms with E-state index in [0.717, 1.165) is 10.5 Å². The molecule has 3 aromatic rings. The van der Waals surface area contributed by atoms with E-state index in [4.69, 9.17) is 9.15 Å². The van der Waals surface area contributed by atoms with Gasteiger partial charge in [-0.2, -0.15) is 5.10 Å². The molecule has 2 N–H and O–H groups in total.